The molecule has 4 aliphatic carbocycles. The molecule has 0 spiro atoms. The highest BCUT2D eigenvalue weighted by Gasteiger charge is 2.81. The van der Waals surface area contributed by atoms with Crippen molar-refractivity contribution in [3.8, 4) is 12.1 Å². The van der Waals surface area contributed by atoms with E-state index >= 15 is 0 Å². The maximum absolute atomic E-state index is 8.78. The lowest BCUT2D eigenvalue weighted by Gasteiger charge is -1.98. The Morgan fingerprint density at radius 3 is 1.64 bits per heavy atom. The molecule has 0 unspecified atom stereocenters. The van der Waals surface area contributed by atoms with Gasteiger partial charge in [0.05, 0.1) is 11.4 Å². The monoisotopic (exact) mass is 180 g/mol. The van der Waals surface area contributed by atoms with Gasteiger partial charge in [0.1, 0.15) is 12.1 Å². The molecule has 2 saturated carbocycles. The Hall–Kier alpha value is -1.94. The van der Waals surface area contributed by atoms with Gasteiger partial charge in [0.15, 0.2) is 11.4 Å². The molecule has 1 aromatic heterocycles. The number of hydrogen-bond donors (Lipinski definition) is 0. The Labute approximate surface area is 79.8 Å². The Bertz CT molecular complexity index is 504. The van der Waals surface area contributed by atoms with Gasteiger partial charge in [-0.2, -0.15) is 10.5 Å². The topological polar surface area (TPSA) is 73.4 Å². The van der Waals surface area contributed by atoms with Crippen LogP contribution in [0.1, 0.15) is 34.6 Å². The maximum Gasteiger partial charge on any atom is 0.177 e. The summed E-state index contributed by atoms with van der Waals surface area (Å²) in [6.45, 7) is 0. The van der Waals surface area contributed by atoms with E-state index in [1.54, 1.807) is 0 Å². The van der Waals surface area contributed by atoms with Crippen molar-refractivity contribution in [2.24, 2.45) is 11.8 Å². The summed E-state index contributed by atoms with van der Waals surface area (Å²) in [5.41, 5.74) is 2.39. The second kappa shape index (κ2) is 1.65. The van der Waals surface area contributed by atoms with Crippen molar-refractivity contribution in [1.29, 1.82) is 10.5 Å². The minimum atomic E-state index is 0.193. The number of hydrogen-bond acceptors (Lipinski definition) is 4. The summed E-state index contributed by atoms with van der Waals surface area (Å²) in [6, 6.07) is 3.86. The minimum Gasteiger partial charge on any atom is -0.237 e. The van der Waals surface area contributed by atoms with Crippen molar-refractivity contribution in [2.45, 2.75) is 11.8 Å². The van der Waals surface area contributed by atoms with E-state index in [-0.39, 0.29) is 11.4 Å². The van der Waals surface area contributed by atoms with Crippen LogP contribution >= 0.6 is 0 Å². The predicted octanol–water partition coefficient (Wildman–Crippen LogP) is 0.660. The summed E-state index contributed by atoms with van der Waals surface area (Å²) < 4.78 is 0. The molecular formula is C10H4N4. The molecule has 64 valence electrons. The smallest absolute Gasteiger partial charge is 0.177 e. The van der Waals surface area contributed by atoms with Gasteiger partial charge in [-0.15, -0.1) is 0 Å². The average Bonchev–Trinajstić information content (AvgIpc) is 3.05. The SMILES string of the molecule is N#Cc1nc2c(nc1C#N)C1C3C2C13. The van der Waals surface area contributed by atoms with Crippen molar-refractivity contribution < 1.29 is 0 Å². The molecule has 14 heavy (non-hydrogen) atoms. The summed E-state index contributed by atoms with van der Waals surface area (Å²) in [7, 11) is 0. The third-order valence-corrected chi connectivity index (χ3v) is 3.62. The highest BCUT2D eigenvalue weighted by atomic mass is 15.0. The maximum atomic E-state index is 8.78. The van der Waals surface area contributed by atoms with Gasteiger partial charge in [-0.1, -0.05) is 0 Å². The van der Waals surface area contributed by atoms with E-state index in [2.05, 4.69) is 9.97 Å². The Morgan fingerprint density at radius 1 is 0.857 bits per heavy atom. The van der Waals surface area contributed by atoms with E-state index in [1.165, 1.54) is 0 Å². The first-order valence-electron chi connectivity index (χ1n) is 4.59. The lowest BCUT2D eigenvalue weighted by molar-refractivity contribution is 0.758. The Balaban J connectivity index is 2.02. The molecule has 0 radical (unpaired) electrons. The lowest BCUT2D eigenvalue weighted by atomic mass is 10.2. The van der Waals surface area contributed by atoms with Gasteiger partial charge in [-0.05, 0) is 11.8 Å². The summed E-state index contributed by atoms with van der Waals surface area (Å²) >= 11 is 0. The van der Waals surface area contributed by atoms with Crippen LogP contribution in [-0.4, -0.2) is 9.97 Å². The standard InChI is InChI=1S/C10H4N4/c11-1-3-4(2-12)14-10-8-5-6(8)7(5)9(10)13-3/h5-8H. The summed E-state index contributed by atoms with van der Waals surface area (Å²) in [5, 5.41) is 17.6. The van der Waals surface area contributed by atoms with E-state index < -0.39 is 0 Å². The second-order valence-electron chi connectivity index (χ2n) is 4.12. The zero-order valence-corrected chi connectivity index (χ0v) is 7.10. The molecule has 4 aliphatic rings. The molecule has 0 amide bonds. The number of rotatable bonds is 0. The number of nitriles is 2. The van der Waals surface area contributed by atoms with E-state index in [9.17, 15) is 0 Å². The molecule has 4 nitrogen and oxygen atoms in total. The second-order valence-corrected chi connectivity index (χ2v) is 4.12. The molecule has 2 bridgehead atoms. The third-order valence-electron chi connectivity index (χ3n) is 3.62. The molecule has 1 aromatic rings. The van der Waals surface area contributed by atoms with Crippen LogP contribution in [0.5, 0.6) is 0 Å². The molecule has 0 N–H and O–H groups in total. The van der Waals surface area contributed by atoms with Crippen LogP contribution in [-0.2, 0) is 0 Å². The fourth-order valence-electron chi connectivity index (χ4n) is 2.86. The molecule has 2 fully saturated rings. The molecule has 0 aromatic carbocycles. The van der Waals surface area contributed by atoms with E-state index in [0.717, 1.165) is 23.2 Å². The minimum absolute atomic E-state index is 0.193. The van der Waals surface area contributed by atoms with Crippen molar-refractivity contribution in [1.82, 2.24) is 9.97 Å². The first-order chi connectivity index (χ1) is 6.86. The van der Waals surface area contributed by atoms with Gasteiger partial charge in [0.25, 0.3) is 0 Å². The van der Waals surface area contributed by atoms with E-state index in [4.69, 9.17) is 10.5 Å². The molecule has 0 atom stereocenters. The zero-order chi connectivity index (χ0) is 9.45. The molecule has 5 rings (SSSR count). The van der Waals surface area contributed by atoms with Crippen LogP contribution in [0.4, 0.5) is 0 Å². The van der Waals surface area contributed by atoms with Crippen LogP contribution in [0.2, 0.25) is 0 Å². The largest absolute Gasteiger partial charge is 0.237 e. The van der Waals surface area contributed by atoms with Crippen molar-refractivity contribution in [3.63, 3.8) is 0 Å². The fourth-order valence-corrected chi connectivity index (χ4v) is 2.86. The first kappa shape index (κ1) is 6.50. The molecule has 4 heteroatoms. The van der Waals surface area contributed by atoms with Gasteiger partial charge in [-0.3, -0.25) is 0 Å². The van der Waals surface area contributed by atoms with Crippen LogP contribution in [0.25, 0.3) is 0 Å². The van der Waals surface area contributed by atoms with E-state index in [0.29, 0.717) is 11.8 Å². The first-order valence-corrected chi connectivity index (χ1v) is 4.59. The fraction of sp³-hybridized carbons (Fsp3) is 0.400. The molecule has 0 aliphatic heterocycles. The highest BCUT2D eigenvalue weighted by Crippen LogP contribution is 2.87. The van der Waals surface area contributed by atoms with Crippen LogP contribution in [0.15, 0.2) is 0 Å². The summed E-state index contributed by atoms with van der Waals surface area (Å²) in [4.78, 5) is 8.48. The normalized spacial score (nSPS) is 37.9. The van der Waals surface area contributed by atoms with Crippen LogP contribution in [0.3, 0.4) is 0 Å². The van der Waals surface area contributed by atoms with Gasteiger partial charge in [0.2, 0.25) is 0 Å². The summed E-state index contributed by atoms with van der Waals surface area (Å²) in [6.07, 6.45) is 0. The van der Waals surface area contributed by atoms with E-state index in [1.807, 2.05) is 12.1 Å². The van der Waals surface area contributed by atoms with Crippen molar-refractivity contribution in [3.05, 3.63) is 22.8 Å². The van der Waals surface area contributed by atoms with Gasteiger partial charge < -0.3 is 0 Å². The Kier molecular flexibility index (Phi) is 0.766. The lowest BCUT2D eigenvalue weighted by Crippen LogP contribution is -1.99. The molecular weight excluding hydrogens is 176 g/mol. The van der Waals surface area contributed by atoms with Crippen molar-refractivity contribution >= 4 is 0 Å². The van der Waals surface area contributed by atoms with Crippen LogP contribution < -0.4 is 0 Å². The number of aromatic nitrogens is 2. The zero-order valence-electron chi connectivity index (χ0n) is 7.10. The quantitative estimate of drug-likeness (QED) is 0.587. The van der Waals surface area contributed by atoms with Gasteiger partial charge in [-0.25, -0.2) is 9.97 Å². The number of nitrogens with zero attached hydrogens (tertiary/aromatic N) is 4. The van der Waals surface area contributed by atoms with Gasteiger partial charge >= 0.3 is 0 Å². The van der Waals surface area contributed by atoms with Crippen molar-refractivity contribution in [2.75, 3.05) is 0 Å². The molecule has 1 heterocycles. The summed E-state index contributed by atoms with van der Waals surface area (Å²) in [5.74, 6) is 2.71. The third kappa shape index (κ3) is 0.467. The molecule has 0 saturated heterocycles. The van der Waals surface area contributed by atoms with Crippen LogP contribution in [0, 0.1) is 34.5 Å². The highest BCUT2D eigenvalue weighted by molar-refractivity contribution is 5.56. The average molecular weight is 180 g/mol. The Morgan fingerprint density at radius 2 is 1.29 bits per heavy atom. The predicted molar refractivity (Wildman–Crippen MR) is 43.9 cm³/mol. The van der Waals surface area contributed by atoms with Gasteiger partial charge in [0, 0.05) is 11.8 Å².